The molecule has 0 saturated carbocycles. The smallest absolute Gasteiger partial charge is 0.329 e. The number of nitrogens with zero attached hydrogens (tertiary/aromatic N) is 1. The third-order valence-electron chi connectivity index (χ3n) is 3.59. The molecule has 164 valence electrons. The topological polar surface area (TPSA) is 118 Å². The van der Waals surface area contributed by atoms with Crippen molar-refractivity contribution >= 4 is 52.8 Å². The Balaban J connectivity index is 2.01. The summed E-state index contributed by atoms with van der Waals surface area (Å²) in [5.74, 6) is -1.40. The van der Waals surface area contributed by atoms with E-state index in [1.165, 1.54) is 13.3 Å². The van der Waals surface area contributed by atoms with Gasteiger partial charge in [-0.05, 0) is 48.9 Å². The highest BCUT2D eigenvalue weighted by Gasteiger charge is 2.11. The van der Waals surface area contributed by atoms with E-state index in [-0.39, 0.29) is 6.61 Å². The number of likely N-dealkylation sites (N-methyl/N-ethyl adjacent to an activating group) is 1. The van der Waals surface area contributed by atoms with Gasteiger partial charge in [0.15, 0.2) is 18.1 Å². The van der Waals surface area contributed by atoms with Crippen LogP contribution in [0.1, 0.15) is 12.5 Å². The normalized spacial score (nSPS) is 10.5. The molecule has 0 aliphatic carbocycles. The van der Waals surface area contributed by atoms with Crippen LogP contribution in [0.3, 0.4) is 0 Å². The van der Waals surface area contributed by atoms with Crippen molar-refractivity contribution in [3.63, 3.8) is 0 Å². The molecule has 2 rings (SSSR count). The summed E-state index contributed by atoms with van der Waals surface area (Å²) >= 11 is 11.8. The van der Waals surface area contributed by atoms with Crippen molar-refractivity contribution in [3.05, 3.63) is 52.0 Å². The molecular formula is C20H20Cl2N4O5. The molecule has 0 heterocycles. The molecule has 0 fully saturated rings. The zero-order chi connectivity index (χ0) is 22.8. The number of benzene rings is 2. The van der Waals surface area contributed by atoms with Gasteiger partial charge >= 0.3 is 11.8 Å². The van der Waals surface area contributed by atoms with Crippen molar-refractivity contribution in [3.8, 4) is 11.5 Å². The number of rotatable bonds is 8. The van der Waals surface area contributed by atoms with E-state index in [0.717, 1.165) is 0 Å². The Morgan fingerprint density at radius 2 is 1.71 bits per heavy atom. The van der Waals surface area contributed by atoms with Gasteiger partial charge in [0, 0.05) is 22.8 Å². The monoisotopic (exact) mass is 466 g/mol. The summed E-state index contributed by atoms with van der Waals surface area (Å²) in [6, 6.07) is 9.53. The Labute approximate surface area is 188 Å². The second-order valence-electron chi connectivity index (χ2n) is 5.91. The lowest BCUT2D eigenvalue weighted by Crippen LogP contribution is -2.35. The molecule has 0 atom stereocenters. The molecule has 0 radical (unpaired) electrons. The van der Waals surface area contributed by atoms with Gasteiger partial charge in [-0.15, -0.1) is 0 Å². The van der Waals surface area contributed by atoms with Crippen molar-refractivity contribution in [1.82, 2.24) is 10.7 Å². The number of halogens is 2. The molecule has 0 aliphatic rings. The second kappa shape index (κ2) is 11.8. The highest BCUT2D eigenvalue weighted by molar-refractivity contribution is 6.35. The summed E-state index contributed by atoms with van der Waals surface area (Å²) in [6.07, 6.45) is 1.34. The van der Waals surface area contributed by atoms with E-state index in [1.807, 2.05) is 0 Å². The molecule has 9 nitrogen and oxygen atoms in total. The maximum atomic E-state index is 12.2. The van der Waals surface area contributed by atoms with Crippen LogP contribution in [0.4, 0.5) is 5.69 Å². The van der Waals surface area contributed by atoms with E-state index in [2.05, 4.69) is 21.2 Å². The number of nitrogens with one attached hydrogen (secondary N) is 3. The van der Waals surface area contributed by atoms with Crippen molar-refractivity contribution in [1.29, 1.82) is 0 Å². The van der Waals surface area contributed by atoms with Crippen LogP contribution >= 0.6 is 23.2 Å². The summed E-state index contributed by atoms with van der Waals surface area (Å²) in [6.45, 7) is 1.88. The van der Waals surface area contributed by atoms with Gasteiger partial charge in [-0.1, -0.05) is 23.2 Å². The highest BCUT2D eigenvalue weighted by Crippen LogP contribution is 2.28. The van der Waals surface area contributed by atoms with Crippen LogP contribution in [0.2, 0.25) is 10.0 Å². The Hall–Kier alpha value is -3.30. The molecule has 31 heavy (non-hydrogen) atoms. The molecule has 2 aromatic rings. The Morgan fingerprint density at radius 3 is 2.35 bits per heavy atom. The fourth-order valence-electron chi connectivity index (χ4n) is 2.29. The second-order valence-corrected chi connectivity index (χ2v) is 6.79. The fourth-order valence-corrected chi connectivity index (χ4v) is 2.81. The minimum Gasteiger partial charge on any atom is -0.490 e. The van der Waals surface area contributed by atoms with E-state index in [0.29, 0.717) is 39.4 Å². The van der Waals surface area contributed by atoms with Gasteiger partial charge in [0.25, 0.3) is 5.91 Å². The maximum Gasteiger partial charge on any atom is 0.329 e. The van der Waals surface area contributed by atoms with Gasteiger partial charge < -0.3 is 20.1 Å². The lowest BCUT2D eigenvalue weighted by Gasteiger charge is -2.13. The van der Waals surface area contributed by atoms with E-state index >= 15 is 0 Å². The predicted octanol–water partition coefficient (Wildman–Crippen LogP) is 2.61. The number of hydrogen-bond acceptors (Lipinski definition) is 6. The number of hydrazone groups is 1. The average molecular weight is 467 g/mol. The largest absolute Gasteiger partial charge is 0.490 e. The molecule has 0 saturated heterocycles. The van der Waals surface area contributed by atoms with Crippen LogP contribution in [0.15, 0.2) is 41.5 Å². The van der Waals surface area contributed by atoms with Crippen LogP contribution in [0, 0.1) is 0 Å². The van der Waals surface area contributed by atoms with Crippen LogP contribution in [-0.4, -0.2) is 44.2 Å². The molecule has 0 aliphatic heterocycles. The summed E-state index contributed by atoms with van der Waals surface area (Å²) in [5.41, 5.74) is 3.11. The summed E-state index contributed by atoms with van der Waals surface area (Å²) in [7, 11) is 1.34. The molecule has 3 N–H and O–H groups in total. The summed E-state index contributed by atoms with van der Waals surface area (Å²) in [4.78, 5) is 34.7. The third kappa shape index (κ3) is 7.80. The molecule has 3 amide bonds. The molecular weight excluding hydrogens is 447 g/mol. The van der Waals surface area contributed by atoms with E-state index < -0.39 is 17.7 Å². The lowest BCUT2D eigenvalue weighted by molar-refractivity contribution is -0.138. The zero-order valence-electron chi connectivity index (χ0n) is 16.7. The molecule has 2 aromatic carbocycles. The van der Waals surface area contributed by atoms with Gasteiger partial charge in [0.2, 0.25) is 0 Å². The van der Waals surface area contributed by atoms with E-state index in [1.54, 1.807) is 43.3 Å². The van der Waals surface area contributed by atoms with Gasteiger partial charge in [0.1, 0.15) is 0 Å². The Bertz CT molecular complexity index is 977. The predicted molar refractivity (Wildman–Crippen MR) is 118 cm³/mol. The first-order valence-corrected chi connectivity index (χ1v) is 9.78. The highest BCUT2D eigenvalue weighted by atomic mass is 35.5. The van der Waals surface area contributed by atoms with Crippen LogP contribution in [-0.2, 0) is 14.4 Å². The minimum atomic E-state index is -0.893. The third-order valence-corrected chi connectivity index (χ3v) is 4.02. The number of anilines is 1. The van der Waals surface area contributed by atoms with Crippen molar-refractivity contribution in [2.24, 2.45) is 5.10 Å². The molecule has 0 spiro atoms. The molecule has 0 aromatic heterocycles. The zero-order valence-corrected chi connectivity index (χ0v) is 18.2. The van der Waals surface area contributed by atoms with Crippen molar-refractivity contribution in [2.45, 2.75) is 6.92 Å². The maximum absolute atomic E-state index is 12.2. The fraction of sp³-hybridized carbons (Fsp3) is 0.200. The quantitative estimate of drug-likeness (QED) is 0.314. The Kier molecular flexibility index (Phi) is 9.11. The first-order chi connectivity index (χ1) is 14.8. The van der Waals surface area contributed by atoms with Gasteiger partial charge in [-0.25, -0.2) is 5.43 Å². The number of amides is 3. The lowest BCUT2D eigenvalue weighted by atomic mass is 10.2. The van der Waals surface area contributed by atoms with Crippen LogP contribution < -0.4 is 25.5 Å². The summed E-state index contributed by atoms with van der Waals surface area (Å²) < 4.78 is 11.1. The first kappa shape index (κ1) is 24.0. The van der Waals surface area contributed by atoms with Crippen molar-refractivity contribution in [2.75, 3.05) is 25.6 Å². The van der Waals surface area contributed by atoms with Gasteiger partial charge in [0.05, 0.1) is 12.8 Å². The van der Waals surface area contributed by atoms with Gasteiger partial charge in [-0.3, -0.25) is 14.4 Å². The molecule has 0 bridgehead atoms. The SMILES string of the molecule is CCOc1cc(/C=N\NC(=O)C(=O)NC)ccc1OCC(=O)Nc1cc(Cl)cc(Cl)c1. The number of carbonyl (C=O) groups is 3. The van der Waals surface area contributed by atoms with E-state index in [4.69, 9.17) is 32.7 Å². The Morgan fingerprint density at radius 1 is 1.00 bits per heavy atom. The van der Waals surface area contributed by atoms with Crippen LogP contribution in [0.25, 0.3) is 0 Å². The number of ether oxygens (including phenoxy) is 2. The first-order valence-electron chi connectivity index (χ1n) is 9.03. The average Bonchev–Trinajstić information content (AvgIpc) is 2.72. The van der Waals surface area contributed by atoms with Crippen molar-refractivity contribution < 1.29 is 23.9 Å². The standard InChI is InChI=1S/C20H20Cl2N4O5/c1-3-30-17-6-12(10-24-26-20(29)19(28)23-2)4-5-16(17)31-11-18(27)25-15-8-13(21)7-14(22)9-15/h4-10H,3,11H2,1-2H3,(H,23,28)(H,25,27)(H,26,29)/b24-10-. The van der Waals surface area contributed by atoms with Crippen LogP contribution in [0.5, 0.6) is 11.5 Å². The molecule has 0 unspecified atom stereocenters. The minimum absolute atomic E-state index is 0.278. The number of carbonyl (C=O) groups excluding carboxylic acids is 3. The van der Waals surface area contributed by atoms with E-state index in [9.17, 15) is 14.4 Å². The molecule has 11 heteroatoms. The van der Waals surface area contributed by atoms with Gasteiger partial charge in [-0.2, -0.15) is 5.10 Å². The summed E-state index contributed by atoms with van der Waals surface area (Å²) in [5, 5.41) is 9.32. The number of hydrogen-bond donors (Lipinski definition) is 3.